The van der Waals surface area contributed by atoms with Crippen LogP contribution in [-0.4, -0.2) is 40.1 Å². The third-order valence-corrected chi connectivity index (χ3v) is 5.62. The molecule has 0 saturated carbocycles. The van der Waals surface area contributed by atoms with E-state index in [9.17, 15) is 19.2 Å². The third-order valence-electron chi connectivity index (χ3n) is 4.44. The summed E-state index contributed by atoms with van der Waals surface area (Å²) in [6.45, 7) is 6.88. The van der Waals surface area contributed by atoms with Gasteiger partial charge in [-0.05, 0) is 57.5 Å². The molecule has 0 saturated heterocycles. The Morgan fingerprint density at radius 1 is 1.16 bits per heavy atom. The van der Waals surface area contributed by atoms with Crippen molar-refractivity contribution in [1.82, 2.24) is 9.55 Å². The zero-order valence-corrected chi connectivity index (χ0v) is 18.9. The molecule has 0 radical (unpaired) electrons. The first-order chi connectivity index (χ1) is 15.2. The maximum Gasteiger partial charge on any atom is 0.348 e. The van der Waals surface area contributed by atoms with Gasteiger partial charge >= 0.3 is 11.9 Å². The van der Waals surface area contributed by atoms with E-state index >= 15 is 0 Å². The second-order valence-electron chi connectivity index (χ2n) is 7.21. The van der Waals surface area contributed by atoms with Crippen molar-refractivity contribution >= 4 is 45.1 Å². The largest absolute Gasteiger partial charge is 0.462 e. The summed E-state index contributed by atoms with van der Waals surface area (Å²) in [5.74, 6) is -1.39. The van der Waals surface area contributed by atoms with E-state index in [2.05, 4.69) is 10.3 Å². The second kappa shape index (κ2) is 9.73. The van der Waals surface area contributed by atoms with Crippen LogP contribution in [0.2, 0.25) is 0 Å². The van der Waals surface area contributed by atoms with Gasteiger partial charge in [-0.3, -0.25) is 14.2 Å². The van der Waals surface area contributed by atoms with Crippen molar-refractivity contribution in [3.05, 3.63) is 57.0 Å². The Labute approximate surface area is 188 Å². The van der Waals surface area contributed by atoms with Gasteiger partial charge in [-0.1, -0.05) is 0 Å². The van der Waals surface area contributed by atoms with E-state index in [1.165, 1.54) is 10.9 Å². The van der Waals surface area contributed by atoms with Crippen LogP contribution in [0.15, 0.2) is 35.4 Å². The lowest BCUT2D eigenvalue weighted by molar-refractivity contribution is -0.116. The normalized spacial score (nSPS) is 10.9. The molecule has 3 aromatic rings. The van der Waals surface area contributed by atoms with Crippen molar-refractivity contribution in [3.63, 3.8) is 0 Å². The van der Waals surface area contributed by atoms with E-state index in [-0.39, 0.29) is 19.3 Å². The van der Waals surface area contributed by atoms with Crippen LogP contribution in [0, 0.1) is 6.92 Å². The SMILES string of the molecule is CCOC(=O)c1ccc(NC(=O)Cn2cnc3sc(C(=O)OC(C)C)c(C)c3c2=O)cc1. The number of anilines is 1. The van der Waals surface area contributed by atoms with Crippen LogP contribution in [0.25, 0.3) is 10.2 Å². The molecular weight excluding hydrogens is 434 g/mol. The van der Waals surface area contributed by atoms with E-state index in [1.54, 1.807) is 52.0 Å². The van der Waals surface area contributed by atoms with Gasteiger partial charge in [-0.15, -0.1) is 11.3 Å². The average molecular weight is 458 g/mol. The van der Waals surface area contributed by atoms with Gasteiger partial charge in [0, 0.05) is 5.69 Å². The fourth-order valence-corrected chi connectivity index (χ4v) is 4.02. The van der Waals surface area contributed by atoms with Crippen molar-refractivity contribution in [3.8, 4) is 0 Å². The molecule has 1 amide bonds. The lowest BCUT2D eigenvalue weighted by atomic mass is 10.2. The van der Waals surface area contributed by atoms with Crippen molar-refractivity contribution in [1.29, 1.82) is 0 Å². The highest BCUT2D eigenvalue weighted by Gasteiger charge is 2.21. The van der Waals surface area contributed by atoms with Gasteiger partial charge in [0.25, 0.3) is 5.56 Å². The second-order valence-corrected chi connectivity index (χ2v) is 8.21. The van der Waals surface area contributed by atoms with Crippen LogP contribution < -0.4 is 10.9 Å². The van der Waals surface area contributed by atoms with Crippen molar-refractivity contribution in [2.75, 3.05) is 11.9 Å². The number of carbonyl (C=O) groups is 3. The van der Waals surface area contributed by atoms with E-state index in [0.717, 1.165) is 11.3 Å². The third kappa shape index (κ3) is 5.02. The number of hydrogen-bond donors (Lipinski definition) is 1. The molecule has 0 fully saturated rings. The fourth-order valence-electron chi connectivity index (χ4n) is 2.99. The van der Waals surface area contributed by atoms with Crippen LogP contribution in [0.5, 0.6) is 0 Å². The van der Waals surface area contributed by atoms with Crippen LogP contribution in [0.4, 0.5) is 5.69 Å². The first-order valence-electron chi connectivity index (χ1n) is 9.97. The summed E-state index contributed by atoms with van der Waals surface area (Å²) in [6.07, 6.45) is 0.994. The Kier molecular flexibility index (Phi) is 7.04. The summed E-state index contributed by atoms with van der Waals surface area (Å²) >= 11 is 1.09. The van der Waals surface area contributed by atoms with Gasteiger partial charge < -0.3 is 14.8 Å². The molecule has 3 rings (SSSR count). The van der Waals surface area contributed by atoms with Gasteiger partial charge in [0.15, 0.2) is 0 Å². The summed E-state index contributed by atoms with van der Waals surface area (Å²) in [5.41, 5.74) is 0.906. The number of nitrogens with zero attached hydrogens (tertiary/aromatic N) is 2. The van der Waals surface area contributed by atoms with Crippen LogP contribution in [0.3, 0.4) is 0 Å². The molecule has 0 aliphatic carbocycles. The lowest BCUT2D eigenvalue weighted by Gasteiger charge is -2.08. The molecule has 1 N–H and O–H groups in total. The number of benzene rings is 1. The lowest BCUT2D eigenvalue weighted by Crippen LogP contribution is -2.28. The van der Waals surface area contributed by atoms with Crippen molar-refractivity contribution in [2.45, 2.75) is 40.3 Å². The molecule has 168 valence electrons. The summed E-state index contributed by atoms with van der Waals surface area (Å²) in [6, 6.07) is 6.23. The smallest absolute Gasteiger partial charge is 0.348 e. The first-order valence-corrected chi connectivity index (χ1v) is 10.8. The number of aromatic nitrogens is 2. The monoisotopic (exact) mass is 457 g/mol. The highest BCUT2D eigenvalue weighted by atomic mass is 32.1. The molecule has 2 aromatic heterocycles. The summed E-state index contributed by atoms with van der Waals surface area (Å²) in [7, 11) is 0. The van der Waals surface area contributed by atoms with E-state index in [1.807, 2.05) is 0 Å². The zero-order chi connectivity index (χ0) is 23.4. The summed E-state index contributed by atoms with van der Waals surface area (Å²) in [4.78, 5) is 54.3. The average Bonchev–Trinajstić information content (AvgIpc) is 3.07. The Hall–Kier alpha value is -3.53. The summed E-state index contributed by atoms with van der Waals surface area (Å²) < 4.78 is 11.3. The molecule has 2 heterocycles. The Morgan fingerprint density at radius 2 is 1.84 bits per heavy atom. The molecule has 0 bridgehead atoms. The molecule has 1 aromatic carbocycles. The number of hydrogen-bond acceptors (Lipinski definition) is 8. The molecule has 0 spiro atoms. The zero-order valence-electron chi connectivity index (χ0n) is 18.1. The van der Waals surface area contributed by atoms with Gasteiger partial charge in [0.1, 0.15) is 16.3 Å². The van der Waals surface area contributed by atoms with Crippen molar-refractivity contribution in [2.24, 2.45) is 0 Å². The van der Waals surface area contributed by atoms with Crippen LogP contribution >= 0.6 is 11.3 Å². The number of carbonyl (C=O) groups excluding carboxylic acids is 3. The minimum atomic E-state index is -0.504. The van der Waals surface area contributed by atoms with E-state index in [4.69, 9.17) is 9.47 Å². The number of esters is 2. The molecule has 10 heteroatoms. The minimum absolute atomic E-state index is 0.261. The topological polar surface area (TPSA) is 117 Å². The standard InChI is InChI=1S/C22H23N3O6S/c1-5-30-21(28)14-6-8-15(9-7-14)24-16(26)10-25-11-23-19-17(20(25)27)13(4)18(32-19)22(29)31-12(2)3/h6-9,11-12H,5,10H2,1-4H3,(H,24,26). The number of thiophene rings is 1. The molecule has 9 nitrogen and oxygen atoms in total. The number of fused-ring (bicyclic) bond motifs is 1. The number of ether oxygens (including phenoxy) is 2. The predicted molar refractivity (Wildman–Crippen MR) is 120 cm³/mol. The molecule has 32 heavy (non-hydrogen) atoms. The first kappa shape index (κ1) is 23.1. The predicted octanol–water partition coefficient (Wildman–Crippen LogP) is 3.15. The maximum atomic E-state index is 12.9. The number of rotatable bonds is 7. The van der Waals surface area contributed by atoms with Crippen LogP contribution in [0.1, 0.15) is 46.4 Å². The molecule has 0 aliphatic rings. The molecular formula is C22H23N3O6S. The quantitative estimate of drug-likeness (QED) is 0.542. The maximum absolute atomic E-state index is 12.9. The number of nitrogens with one attached hydrogen (secondary N) is 1. The Balaban J connectivity index is 1.77. The van der Waals surface area contributed by atoms with Crippen molar-refractivity contribution < 1.29 is 23.9 Å². The number of amides is 1. The highest BCUT2D eigenvalue weighted by molar-refractivity contribution is 7.20. The molecule has 0 aliphatic heterocycles. The van der Waals surface area contributed by atoms with Crippen LogP contribution in [-0.2, 0) is 20.8 Å². The van der Waals surface area contributed by atoms with Gasteiger partial charge in [0.2, 0.25) is 5.91 Å². The van der Waals surface area contributed by atoms with E-state index in [0.29, 0.717) is 31.9 Å². The Morgan fingerprint density at radius 3 is 2.47 bits per heavy atom. The Bertz CT molecular complexity index is 1230. The molecule has 0 unspecified atom stereocenters. The molecule has 0 atom stereocenters. The van der Waals surface area contributed by atoms with Gasteiger partial charge in [-0.2, -0.15) is 0 Å². The minimum Gasteiger partial charge on any atom is -0.462 e. The number of aryl methyl sites for hydroxylation is 1. The summed E-state index contributed by atoms with van der Waals surface area (Å²) in [5, 5.41) is 2.96. The van der Waals surface area contributed by atoms with E-state index < -0.39 is 23.4 Å². The highest BCUT2D eigenvalue weighted by Crippen LogP contribution is 2.27. The fraction of sp³-hybridized carbons (Fsp3) is 0.318. The van der Waals surface area contributed by atoms with Gasteiger partial charge in [-0.25, -0.2) is 14.6 Å². The van der Waals surface area contributed by atoms with Gasteiger partial charge in [0.05, 0.1) is 30.0 Å².